The van der Waals surface area contributed by atoms with E-state index in [9.17, 15) is 18.0 Å². The molecule has 0 aromatic heterocycles. The zero-order chi connectivity index (χ0) is 27.0. The van der Waals surface area contributed by atoms with E-state index in [1.165, 1.54) is 17.0 Å². The molecule has 0 bridgehead atoms. The second kappa shape index (κ2) is 12.9. The highest BCUT2D eigenvalue weighted by Gasteiger charge is 2.32. The van der Waals surface area contributed by atoms with E-state index in [0.29, 0.717) is 27.8 Å². The number of benzene rings is 3. The first-order valence-corrected chi connectivity index (χ1v) is 14.0. The number of anilines is 1. The largest absolute Gasteiger partial charge is 0.354 e. The Hall–Kier alpha value is -3.07. The molecular formula is C27H29Cl2N3O4S. The van der Waals surface area contributed by atoms with E-state index in [0.717, 1.165) is 10.7 Å². The second-order valence-corrected chi connectivity index (χ2v) is 11.1. The van der Waals surface area contributed by atoms with Crippen LogP contribution in [0.5, 0.6) is 0 Å². The number of carbonyl (C=O) groups is 2. The van der Waals surface area contributed by atoms with Crippen LogP contribution in [-0.2, 0) is 26.2 Å². The Morgan fingerprint density at radius 1 is 0.946 bits per heavy atom. The molecular weight excluding hydrogens is 533 g/mol. The third kappa shape index (κ3) is 7.25. The van der Waals surface area contributed by atoms with Crippen molar-refractivity contribution in [3.8, 4) is 0 Å². The molecule has 3 aromatic carbocycles. The number of hydrogen-bond donors (Lipinski definition) is 1. The van der Waals surface area contributed by atoms with Crippen LogP contribution in [0, 0.1) is 0 Å². The van der Waals surface area contributed by atoms with Crippen LogP contribution in [0.2, 0.25) is 10.0 Å². The topological polar surface area (TPSA) is 86.8 Å². The third-order valence-electron chi connectivity index (χ3n) is 5.73. The number of sulfonamides is 1. The Bertz CT molecular complexity index is 1320. The van der Waals surface area contributed by atoms with Gasteiger partial charge in [-0.2, -0.15) is 0 Å². The van der Waals surface area contributed by atoms with Crippen LogP contribution < -0.4 is 9.62 Å². The van der Waals surface area contributed by atoms with Crippen LogP contribution in [0.3, 0.4) is 0 Å². The van der Waals surface area contributed by atoms with Gasteiger partial charge in [-0.15, -0.1) is 0 Å². The molecule has 37 heavy (non-hydrogen) atoms. The SMILES string of the molecule is CCCNC(=O)[C@H](C)N(Cc1ccc(Cl)cc1Cl)C(=O)CN(c1ccccc1)S(=O)(=O)c1ccccc1. The van der Waals surface area contributed by atoms with Crippen molar-refractivity contribution in [2.75, 3.05) is 17.4 Å². The molecule has 3 aromatic rings. The summed E-state index contributed by atoms with van der Waals surface area (Å²) in [6.45, 7) is 3.45. The molecule has 7 nitrogen and oxygen atoms in total. The van der Waals surface area contributed by atoms with E-state index in [-0.39, 0.29) is 17.3 Å². The van der Waals surface area contributed by atoms with Crippen molar-refractivity contribution in [3.63, 3.8) is 0 Å². The average Bonchev–Trinajstić information content (AvgIpc) is 2.90. The molecule has 0 aliphatic carbocycles. The van der Waals surface area contributed by atoms with Crippen LogP contribution in [0.25, 0.3) is 0 Å². The van der Waals surface area contributed by atoms with E-state index in [1.807, 2.05) is 6.92 Å². The molecule has 0 aliphatic rings. The predicted octanol–water partition coefficient (Wildman–Crippen LogP) is 5.13. The first kappa shape index (κ1) is 28.5. The average molecular weight is 563 g/mol. The number of amides is 2. The minimum atomic E-state index is -4.09. The fraction of sp³-hybridized carbons (Fsp3) is 0.259. The summed E-state index contributed by atoms with van der Waals surface area (Å²) in [5.74, 6) is -0.911. The molecule has 196 valence electrons. The first-order valence-electron chi connectivity index (χ1n) is 11.8. The Morgan fingerprint density at radius 2 is 1.57 bits per heavy atom. The number of hydrogen-bond acceptors (Lipinski definition) is 4. The molecule has 0 spiro atoms. The van der Waals surface area contributed by atoms with Crippen LogP contribution >= 0.6 is 23.2 Å². The standard InChI is InChI=1S/C27H29Cl2N3O4S/c1-3-16-30-27(34)20(2)31(18-21-14-15-22(28)17-25(21)29)26(33)19-32(23-10-6-4-7-11-23)37(35,36)24-12-8-5-9-13-24/h4-15,17,20H,3,16,18-19H2,1-2H3,(H,30,34)/t20-/m0/s1. The lowest BCUT2D eigenvalue weighted by Gasteiger charge is -2.32. The van der Waals surface area contributed by atoms with Crippen LogP contribution in [0.1, 0.15) is 25.8 Å². The van der Waals surface area contributed by atoms with Crippen molar-refractivity contribution in [3.05, 3.63) is 94.5 Å². The number of carbonyl (C=O) groups excluding carboxylic acids is 2. The van der Waals surface area contributed by atoms with E-state index < -0.39 is 28.5 Å². The molecule has 0 aliphatic heterocycles. The summed E-state index contributed by atoms with van der Waals surface area (Å²) in [7, 11) is -4.09. The van der Waals surface area contributed by atoms with Gasteiger partial charge in [0.1, 0.15) is 12.6 Å². The molecule has 0 saturated heterocycles. The highest BCUT2D eigenvalue weighted by Crippen LogP contribution is 2.26. The summed E-state index contributed by atoms with van der Waals surface area (Å²) in [4.78, 5) is 28.0. The fourth-order valence-corrected chi connectivity index (χ4v) is 5.56. The quantitative estimate of drug-likeness (QED) is 0.351. The zero-order valence-electron chi connectivity index (χ0n) is 20.6. The highest BCUT2D eigenvalue weighted by atomic mass is 35.5. The van der Waals surface area contributed by atoms with Crippen LogP contribution in [0.15, 0.2) is 83.8 Å². The van der Waals surface area contributed by atoms with Crippen molar-refractivity contribution in [2.45, 2.75) is 37.8 Å². The molecule has 2 amide bonds. The van der Waals surface area contributed by atoms with Gasteiger partial charge in [-0.05, 0) is 55.3 Å². The van der Waals surface area contributed by atoms with Gasteiger partial charge < -0.3 is 10.2 Å². The number of halogens is 2. The molecule has 10 heteroatoms. The lowest BCUT2D eigenvalue weighted by molar-refractivity contribution is -0.139. The van der Waals surface area contributed by atoms with Crippen molar-refractivity contribution < 1.29 is 18.0 Å². The van der Waals surface area contributed by atoms with Gasteiger partial charge in [0.25, 0.3) is 10.0 Å². The van der Waals surface area contributed by atoms with Gasteiger partial charge in [-0.25, -0.2) is 8.42 Å². The number of nitrogens with zero attached hydrogens (tertiary/aromatic N) is 2. The van der Waals surface area contributed by atoms with Gasteiger partial charge in [0.2, 0.25) is 11.8 Å². The summed E-state index contributed by atoms with van der Waals surface area (Å²) in [5.41, 5.74) is 0.902. The molecule has 3 rings (SSSR count). The molecule has 0 radical (unpaired) electrons. The smallest absolute Gasteiger partial charge is 0.264 e. The Balaban J connectivity index is 2.00. The Morgan fingerprint density at radius 3 is 2.16 bits per heavy atom. The van der Waals surface area contributed by atoms with Crippen LogP contribution in [-0.4, -0.2) is 44.3 Å². The maximum atomic E-state index is 13.8. The molecule has 0 fully saturated rings. The fourth-order valence-electron chi connectivity index (χ4n) is 3.65. The maximum absolute atomic E-state index is 13.8. The van der Waals surface area contributed by atoms with Crippen LogP contribution in [0.4, 0.5) is 5.69 Å². The summed E-state index contributed by atoms with van der Waals surface area (Å²) < 4.78 is 28.3. The van der Waals surface area contributed by atoms with Gasteiger partial charge in [-0.1, -0.05) is 72.6 Å². The zero-order valence-corrected chi connectivity index (χ0v) is 22.9. The van der Waals surface area contributed by atoms with Gasteiger partial charge in [0.05, 0.1) is 10.6 Å². The summed E-state index contributed by atoms with van der Waals surface area (Å²) >= 11 is 12.4. The number of rotatable bonds is 11. The van der Waals surface area contributed by atoms with Crippen molar-refractivity contribution in [1.82, 2.24) is 10.2 Å². The minimum Gasteiger partial charge on any atom is -0.354 e. The Labute approximate surface area is 228 Å². The summed E-state index contributed by atoms with van der Waals surface area (Å²) in [5, 5.41) is 3.57. The van der Waals surface area contributed by atoms with Gasteiger partial charge in [0.15, 0.2) is 0 Å². The summed E-state index contributed by atoms with van der Waals surface area (Å²) in [6.07, 6.45) is 0.729. The first-order chi connectivity index (χ1) is 17.6. The molecule has 0 saturated carbocycles. The van der Waals surface area contributed by atoms with Crippen molar-refractivity contribution in [2.24, 2.45) is 0 Å². The monoisotopic (exact) mass is 561 g/mol. The predicted molar refractivity (Wildman–Crippen MR) is 147 cm³/mol. The molecule has 0 unspecified atom stereocenters. The van der Waals surface area contributed by atoms with Crippen molar-refractivity contribution in [1.29, 1.82) is 0 Å². The second-order valence-electron chi connectivity index (χ2n) is 8.38. The van der Waals surface area contributed by atoms with E-state index in [1.54, 1.807) is 73.7 Å². The third-order valence-corrected chi connectivity index (χ3v) is 8.10. The number of para-hydroxylation sites is 1. The van der Waals surface area contributed by atoms with Gasteiger partial charge >= 0.3 is 0 Å². The van der Waals surface area contributed by atoms with Gasteiger partial charge in [0, 0.05) is 23.1 Å². The summed E-state index contributed by atoms with van der Waals surface area (Å²) in [6, 6.07) is 20.3. The normalized spacial score (nSPS) is 12.0. The minimum absolute atomic E-state index is 0.0104. The molecule has 1 N–H and O–H groups in total. The van der Waals surface area contributed by atoms with Crippen molar-refractivity contribution >= 4 is 50.7 Å². The van der Waals surface area contributed by atoms with Gasteiger partial charge in [-0.3, -0.25) is 13.9 Å². The molecule has 1 atom stereocenters. The Kier molecular flexibility index (Phi) is 9.97. The van der Waals surface area contributed by atoms with E-state index >= 15 is 0 Å². The highest BCUT2D eigenvalue weighted by molar-refractivity contribution is 7.92. The maximum Gasteiger partial charge on any atom is 0.264 e. The van der Waals surface area contributed by atoms with E-state index in [4.69, 9.17) is 23.2 Å². The van der Waals surface area contributed by atoms with E-state index in [2.05, 4.69) is 5.32 Å². The molecule has 0 heterocycles. The number of nitrogens with one attached hydrogen (secondary N) is 1. The lowest BCUT2D eigenvalue weighted by atomic mass is 10.1. The lowest BCUT2D eigenvalue weighted by Crippen LogP contribution is -2.51.